The number of pyridine rings is 1. The van der Waals surface area contributed by atoms with Gasteiger partial charge in [0.05, 0.1) is 19.2 Å². The molecule has 0 aliphatic heterocycles. The minimum Gasteiger partial charge on any atom is -0.481 e. The monoisotopic (exact) mass is 288 g/mol. The summed E-state index contributed by atoms with van der Waals surface area (Å²) >= 11 is 5.94. The molecular weight excluding hydrogens is 276 g/mol. The van der Waals surface area contributed by atoms with Crippen molar-refractivity contribution in [2.24, 2.45) is 0 Å². The van der Waals surface area contributed by atoms with Crippen molar-refractivity contribution in [2.45, 2.75) is 6.54 Å². The van der Waals surface area contributed by atoms with E-state index >= 15 is 0 Å². The van der Waals surface area contributed by atoms with Crippen molar-refractivity contribution in [3.8, 4) is 5.88 Å². The molecule has 0 fully saturated rings. The molecule has 2 aromatic heterocycles. The van der Waals surface area contributed by atoms with Crippen molar-refractivity contribution in [1.29, 1.82) is 0 Å². The number of rotatable bonds is 4. The number of hydrogen-bond donors (Lipinski definition) is 2. The van der Waals surface area contributed by atoms with Crippen molar-refractivity contribution < 1.29 is 4.74 Å². The lowest BCUT2D eigenvalue weighted by Crippen LogP contribution is -2.00. The number of aromatic amines is 1. The number of ether oxygens (including phenoxy) is 1. The molecule has 5 nitrogen and oxygen atoms in total. The van der Waals surface area contributed by atoms with Crippen molar-refractivity contribution in [3.63, 3.8) is 0 Å². The molecule has 1 aromatic carbocycles. The summed E-state index contributed by atoms with van der Waals surface area (Å²) in [6.07, 6.45) is 0. The maximum atomic E-state index is 5.94. The van der Waals surface area contributed by atoms with Crippen LogP contribution in [0.4, 0.5) is 5.69 Å². The Morgan fingerprint density at radius 2 is 2.15 bits per heavy atom. The lowest BCUT2D eigenvalue weighted by molar-refractivity contribution is 0.399. The summed E-state index contributed by atoms with van der Waals surface area (Å²) in [5.74, 6) is 1.36. The maximum absolute atomic E-state index is 5.94. The van der Waals surface area contributed by atoms with Gasteiger partial charge in [-0.25, -0.2) is 4.98 Å². The number of nitrogens with zero attached hydrogens (tertiary/aromatic N) is 2. The lowest BCUT2D eigenvalue weighted by atomic mass is 10.3. The van der Waals surface area contributed by atoms with E-state index in [0.29, 0.717) is 23.1 Å². The van der Waals surface area contributed by atoms with Gasteiger partial charge in [0, 0.05) is 16.8 Å². The second-order valence-corrected chi connectivity index (χ2v) is 4.71. The Hall–Kier alpha value is -2.27. The minimum absolute atomic E-state index is 0.554. The maximum Gasteiger partial charge on any atom is 0.215 e. The third-order valence-electron chi connectivity index (χ3n) is 2.86. The Kier molecular flexibility index (Phi) is 3.43. The van der Waals surface area contributed by atoms with Gasteiger partial charge >= 0.3 is 0 Å². The van der Waals surface area contributed by atoms with Crippen LogP contribution in [0.5, 0.6) is 5.88 Å². The number of imidazole rings is 1. The van der Waals surface area contributed by atoms with Crippen LogP contribution in [0, 0.1) is 0 Å². The molecule has 0 atom stereocenters. The molecule has 2 N–H and O–H groups in total. The third-order valence-corrected chi connectivity index (χ3v) is 3.10. The molecule has 0 saturated heterocycles. The van der Waals surface area contributed by atoms with Crippen LogP contribution >= 0.6 is 11.6 Å². The van der Waals surface area contributed by atoms with E-state index in [1.807, 2.05) is 30.3 Å². The fourth-order valence-corrected chi connectivity index (χ4v) is 2.10. The van der Waals surface area contributed by atoms with Crippen molar-refractivity contribution in [3.05, 3.63) is 47.2 Å². The van der Waals surface area contributed by atoms with Crippen LogP contribution in [0.25, 0.3) is 11.2 Å². The standard InChI is InChI=1S/C14H13ClN4O/c1-20-13-6-5-11-14(19-13)18-12(17-11)8-16-10-4-2-3-9(15)7-10/h2-7,16H,8H2,1H3,(H,17,18,19). The van der Waals surface area contributed by atoms with Gasteiger partial charge in [-0.05, 0) is 24.3 Å². The van der Waals surface area contributed by atoms with E-state index in [9.17, 15) is 0 Å². The average Bonchev–Trinajstić information content (AvgIpc) is 2.87. The van der Waals surface area contributed by atoms with Crippen molar-refractivity contribution in [1.82, 2.24) is 15.0 Å². The van der Waals surface area contributed by atoms with Gasteiger partial charge in [0.25, 0.3) is 0 Å². The van der Waals surface area contributed by atoms with E-state index in [4.69, 9.17) is 16.3 Å². The molecular formula is C14H13ClN4O. The van der Waals surface area contributed by atoms with Crippen molar-refractivity contribution in [2.75, 3.05) is 12.4 Å². The quantitative estimate of drug-likeness (QED) is 0.774. The second kappa shape index (κ2) is 5.38. The zero-order valence-electron chi connectivity index (χ0n) is 10.9. The van der Waals surface area contributed by atoms with Crippen LogP contribution in [-0.2, 0) is 6.54 Å². The first-order chi connectivity index (χ1) is 9.74. The number of anilines is 1. The summed E-state index contributed by atoms with van der Waals surface area (Å²) in [4.78, 5) is 11.9. The van der Waals surface area contributed by atoms with Crippen LogP contribution in [0.2, 0.25) is 5.02 Å². The van der Waals surface area contributed by atoms with Crippen LogP contribution in [0.1, 0.15) is 5.82 Å². The van der Waals surface area contributed by atoms with E-state index < -0.39 is 0 Å². The number of methoxy groups -OCH3 is 1. The highest BCUT2D eigenvalue weighted by Crippen LogP contribution is 2.17. The van der Waals surface area contributed by atoms with Crippen LogP contribution in [0.15, 0.2) is 36.4 Å². The Labute approximate surface area is 121 Å². The molecule has 0 aliphatic carbocycles. The fourth-order valence-electron chi connectivity index (χ4n) is 1.91. The topological polar surface area (TPSA) is 62.8 Å². The van der Waals surface area contributed by atoms with Gasteiger partial charge in [0.1, 0.15) is 5.82 Å². The van der Waals surface area contributed by atoms with Gasteiger partial charge in [-0.2, -0.15) is 4.98 Å². The van der Waals surface area contributed by atoms with Gasteiger partial charge in [0.15, 0.2) is 5.65 Å². The molecule has 0 spiro atoms. The van der Waals surface area contributed by atoms with Crippen molar-refractivity contribution >= 4 is 28.5 Å². The smallest absolute Gasteiger partial charge is 0.215 e. The Morgan fingerprint density at radius 3 is 2.95 bits per heavy atom. The number of H-pyrrole nitrogens is 1. The van der Waals surface area contributed by atoms with E-state index in [2.05, 4.69) is 20.3 Å². The second-order valence-electron chi connectivity index (χ2n) is 4.27. The summed E-state index contributed by atoms with van der Waals surface area (Å²) in [5, 5.41) is 3.95. The molecule has 3 aromatic rings. The van der Waals surface area contributed by atoms with Crippen LogP contribution < -0.4 is 10.1 Å². The zero-order valence-corrected chi connectivity index (χ0v) is 11.6. The molecule has 0 aliphatic rings. The number of nitrogens with one attached hydrogen (secondary N) is 2. The van der Waals surface area contributed by atoms with Gasteiger partial charge < -0.3 is 15.0 Å². The SMILES string of the molecule is COc1ccc2[nH]c(CNc3cccc(Cl)c3)nc2n1. The fraction of sp³-hybridized carbons (Fsp3) is 0.143. The Morgan fingerprint density at radius 1 is 1.25 bits per heavy atom. The summed E-state index contributed by atoms with van der Waals surface area (Å²) in [6.45, 7) is 0.568. The summed E-state index contributed by atoms with van der Waals surface area (Å²) in [5.41, 5.74) is 2.48. The number of benzene rings is 1. The third kappa shape index (κ3) is 2.67. The molecule has 3 rings (SSSR count). The summed E-state index contributed by atoms with van der Waals surface area (Å²) in [7, 11) is 1.59. The molecule has 102 valence electrons. The summed E-state index contributed by atoms with van der Waals surface area (Å²) in [6, 6.07) is 11.3. The van der Waals surface area contributed by atoms with E-state index in [-0.39, 0.29) is 0 Å². The molecule has 0 unspecified atom stereocenters. The predicted octanol–water partition coefficient (Wildman–Crippen LogP) is 3.23. The van der Waals surface area contributed by atoms with Gasteiger partial charge in [-0.15, -0.1) is 0 Å². The highest BCUT2D eigenvalue weighted by atomic mass is 35.5. The molecule has 6 heteroatoms. The summed E-state index contributed by atoms with van der Waals surface area (Å²) < 4.78 is 5.08. The first kappa shape index (κ1) is 12.7. The minimum atomic E-state index is 0.554. The first-order valence-electron chi connectivity index (χ1n) is 6.13. The van der Waals surface area contributed by atoms with Gasteiger partial charge in [-0.3, -0.25) is 0 Å². The first-order valence-corrected chi connectivity index (χ1v) is 6.51. The molecule has 20 heavy (non-hydrogen) atoms. The highest BCUT2D eigenvalue weighted by Gasteiger charge is 2.05. The lowest BCUT2D eigenvalue weighted by Gasteiger charge is -2.03. The zero-order chi connectivity index (χ0) is 13.9. The number of halogens is 1. The number of fused-ring (bicyclic) bond motifs is 1. The molecule has 0 radical (unpaired) electrons. The number of aromatic nitrogens is 3. The van der Waals surface area contributed by atoms with Gasteiger partial charge in [-0.1, -0.05) is 17.7 Å². The molecule has 0 amide bonds. The largest absolute Gasteiger partial charge is 0.481 e. The average molecular weight is 289 g/mol. The Balaban J connectivity index is 1.77. The molecule has 0 saturated carbocycles. The van der Waals surface area contributed by atoms with E-state index in [1.54, 1.807) is 13.2 Å². The van der Waals surface area contributed by atoms with E-state index in [0.717, 1.165) is 17.0 Å². The van der Waals surface area contributed by atoms with Crippen LogP contribution in [-0.4, -0.2) is 22.1 Å². The molecule has 0 bridgehead atoms. The number of hydrogen-bond acceptors (Lipinski definition) is 4. The van der Waals surface area contributed by atoms with Crippen LogP contribution in [0.3, 0.4) is 0 Å². The van der Waals surface area contributed by atoms with E-state index in [1.165, 1.54) is 0 Å². The molecule has 2 heterocycles. The van der Waals surface area contributed by atoms with Gasteiger partial charge in [0.2, 0.25) is 5.88 Å². The predicted molar refractivity (Wildman–Crippen MR) is 79.2 cm³/mol. The highest BCUT2D eigenvalue weighted by molar-refractivity contribution is 6.30. The normalized spacial score (nSPS) is 10.7. The Bertz CT molecular complexity index is 741.